The molecule has 0 saturated carbocycles. The Morgan fingerprint density at radius 1 is 1.08 bits per heavy atom. The first-order valence-corrected chi connectivity index (χ1v) is 9.13. The van der Waals surface area contributed by atoms with E-state index in [0.29, 0.717) is 16.9 Å². The highest BCUT2D eigenvalue weighted by Crippen LogP contribution is 2.30. The molecular weight excluding hydrogens is 355 g/mol. The number of hydrogen-bond acceptors (Lipinski definition) is 3. The number of para-hydroxylation sites is 1. The Hall–Kier alpha value is -2.39. The molecule has 5 nitrogen and oxygen atoms in total. The van der Waals surface area contributed by atoms with Gasteiger partial charge in [-0.15, -0.1) is 0 Å². The van der Waals surface area contributed by atoms with Gasteiger partial charge in [0.2, 0.25) is 10.0 Å². The van der Waals surface area contributed by atoms with Crippen LogP contribution in [0.3, 0.4) is 0 Å². The van der Waals surface area contributed by atoms with Crippen molar-refractivity contribution in [3.63, 3.8) is 0 Å². The molecule has 0 aliphatic heterocycles. The first kappa shape index (κ1) is 17.4. The van der Waals surface area contributed by atoms with Gasteiger partial charge in [-0.2, -0.15) is 18.3 Å². The fourth-order valence-electron chi connectivity index (χ4n) is 2.45. The highest BCUT2D eigenvalue weighted by molar-refractivity contribution is 7.88. The average Bonchev–Trinajstić information content (AvgIpc) is 2.90. The maximum atomic E-state index is 12.7. The molecule has 0 bridgehead atoms. The zero-order chi connectivity index (χ0) is 18.2. The molecule has 0 unspecified atom stereocenters. The number of nitrogens with zero attached hydrogens (tertiary/aromatic N) is 2. The van der Waals surface area contributed by atoms with Crippen LogP contribution in [0, 0.1) is 0 Å². The molecule has 2 aromatic carbocycles. The van der Waals surface area contributed by atoms with E-state index in [9.17, 15) is 21.6 Å². The Morgan fingerprint density at radius 2 is 1.72 bits per heavy atom. The third-order valence-corrected chi connectivity index (χ3v) is 4.27. The fourth-order valence-corrected chi connectivity index (χ4v) is 2.85. The van der Waals surface area contributed by atoms with Gasteiger partial charge in [-0.1, -0.05) is 18.2 Å². The Kier molecular flexibility index (Phi) is 4.29. The first-order chi connectivity index (χ1) is 11.6. The molecule has 1 aromatic heterocycles. The maximum Gasteiger partial charge on any atom is 0.416 e. The smallest absolute Gasteiger partial charge is 0.233 e. The van der Waals surface area contributed by atoms with Crippen LogP contribution < -0.4 is 4.72 Å². The molecule has 0 saturated heterocycles. The lowest BCUT2D eigenvalue weighted by Gasteiger charge is -2.08. The Morgan fingerprint density at radius 3 is 2.32 bits per heavy atom. The van der Waals surface area contributed by atoms with Crippen LogP contribution in [0.1, 0.15) is 11.3 Å². The van der Waals surface area contributed by atoms with Gasteiger partial charge in [-0.3, -0.25) is 0 Å². The van der Waals surface area contributed by atoms with Crippen molar-refractivity contribution >= 4 is 20.9 Å². The monoisotopic (exact) mass is 369 g/mol. The van der Waals surface area contributed by atoms with E-state index in [1.54, 1.807) is 24.3 Å². The van der Waals surface area contributed by atoms with Crippen LogP contribution in [-0.4, -0.2) is 24.5 Å². The third-order valence-electron chi connectivity index (χ3n) is 3.60. The van der Waals surface area contributed by atoms with Crippen molar-refractivity contribution in [1.29, 1.82) is 0 Å². The summed E-state index contributed by atoms with van der Waals surface area (Å²) in [4.78, 5) is 0. The lowest BCUT2D eigenvalue weighted by Crippen LogP contribution is -2.21. The molecule has 0 amide bonds. The molecule has 9 heteroatoms. The van der Waals surface area contributed by atoms with Gasteiger partial charge in [-0.25, -0.2) is 17.8 Å². The fraction of sp³-hybridized carbons (Fsp3) is 0.188. The van der Waals surface area contributed by atoms with Gasteiger partial charge >= 0.3 is 6.18 Å². The number of alkyl halides is 3. The van der Waals surface area contributed by atoms with Crippen LogP contribution in [0.15, 0.2) is 48.5 Å². The quantitative estimate of drug-likeness (QED) is 0.769. The number of halogens is 3. The van der Waals surface area contributed by atoms with Crippen molar-refractivity contribution in [3.05, 3.63) is 59.8 Å². The number of sulfonamides is 1. The summed E-state index contributed by atoms with van der Waals surface area (Å²) < 4.78 is 64.6. The molecule has 0 spiro atoms. The summed E-state index contributed by atoms with van der Waals surface area (Å²) in [6.07, 6.45) is -3.36. The largest absolute Gasteiger partial charge is 0.416 e. The summed E-state index contributed by atoms with van der Waals surface area (Å²) in [5.74, 6) is 0. The van der Waals surface area contributed by atoms with Crippen molar-refractivity contribution in [3.8, 4) is 5.69 Å². The topological polar surface area (TPSA) is 64.0 Å². The minimum absolute atomic E-state index is 0.00696. The number of fused-ring (bicyclic) bond motifs is 1. The molecule has 0 atom stereocenters. The van der Waals surface area contributed by atoms with Gasteiger partial charge < -0.3 is 0 Å². The number of rotatable bonds is 4. The molecule has 3 aromatic rings. The Bertz CT molecular complexity index is 1010. The first-order valence-electron chi connectivity index (χ1n) is 7.24. The van der Waals surface area contributed by atoms with Gasteiger partial charge in [-0.05, 0) is 30.3 Å². The van der Waals surface area contributed by atoms with Crippen molar-refractivity contribution in [2.75, 3.05) is 6.26 Å². The van der Waals surface area contributed by atoms with Gasteiger partial charge in [0, 0.05) is 5.39 Å². The molecule has 3 rings (SSSR count). The summed E-state index contributed by atoms with van der Waals surface area (Å²) in [5.41, 5.74) is 0.870. The van der Waals surface area contributed by atoms with E-state index in [1.165, 1.54) is 16.8 Å². The van der Waals surface area contributed by atoms with Crippen LogP contribution in [0.5, 0.6) is 0 Å². The summed E-state index contributed by atoms with van der Waals surface area (Å²) in [5, 5.41) is 5.08. The number of aromatic nitrogens is 2. The molecule has 1 heterocycles. The van der Waals surface area contributed by atoms with Crippen molar-refractivity contribution in [2.45, 2.75) is 12.7 Å². The highest BCUT2D eigenvalue weighted by atomic mass is 32.2. The molecule has 0 fully saturated rings. The van der Waals surface area contributed by atoms with E-state index in [4.69, 9.17) is 0 Å². The van der Waals surface area contributed by atoms with Crippen LogP contribution >= 0.6 is 0 Å². The van der Waals surface area contributed by atoms with E-state index >= 15 is 0 Å². The van der Waals surface area contributed by atoms with Crippen LogP contribution in [-0.2, 0) is 22.7 Å². The van der Waals surface area contributed by atoms with Gasteiger partial charge in [0.1, 0.15) is 0 Å². The van der Waals surface area contributed by atoms with Crippen LogP contribution in [0.25, 0.3) is 16.6 Å². The lowest BCUT2D eigenvalue weighted by molar-refractivity contribution is -0.137. The van der Waals surface area contributed by atoms with Crippen molar-refractivity contribution < 1.29 is 21.6 Å². The summed E-state index contributed by atoms with van der Waals surface area (Å²) in [7, 11) is -3.39. The van der Waals surface area contributed by atoms with Crippen LogP contribution in [0.4, 0.5) is 13.2 Å². The Balaban J connectivity index is 2.04. The second-order valence-electron chi connectivity index (χ2n) is 5.51. The zero-order valence-corrected chi connectivity index (χ0v) is 13.9. The molecule has 0 aliphatic rings. The van der Waals surface area contributed by atoms with Gasteiger partial charge in [0.05, 0.1) is 35.3 Å². The minimum atomic E-state index is -4.41. The number of nitrogens with one attached hydrogen (secondary N) is 1. The zero-order valence-electron chi connectivity index (χ0n) is 13.1. The summed E-state index contributed by atoms with van der Waals surface area (Å²) in [6.45, 7) is -0.00696. The van der Waals surface area contributed by atoms with E-state index in [1.807, 2.05) is 0 Å². The van der Waals surface area contributed by atoms with Crippen LogP contribution in [0.2, 0.25) is 0 Å². The predicted octanol–water partition coefficient (Wildman–Crippen LogP) is 3.09. The van der Waals surface area contributed by atoms with Gasteiger partial charge in [0.25, 0.3) is 0 Å². The minimum Gasteiger partial charge on any atom is -0.233 e. The second-order valence-corrected chi connectivity index (χ2v) is 7.35. The Labute approximate surface area is 142 Å². The lowest BCUT2D eigenvalue weighted by atomic mass is 10.2. The third kappa shape index (κ3) is 3.83. The summed E-state index contributed by atoms with van der Waals surface area (Å²) >= 11 is 0. The molecule has 25 heavy (non-hydrogen) atoms. The number of benzene rings is 2. The maximum absolute atomic E-state index is 12.7. The normalized spacial score (nSPS) is 12.6. The molecule has 1 N–H and O–H groups in total. The van der Waals surface area contributed by atoms with E-state index in [-0.39, 0.29) is 6.54 Å². The average molecular weight is 369 g/mol. The van der Waals surface area contributed by atoms with E-state index in [2.05, 4.69) is 9.82 Å². The SMILES string of the molecule is CS(=O)(=O)NCc1nn(-c2ccc(C(F)(F)F)cc2)c2ccccc12. The molecule has 0 aliphatic carbocycles. The second kappa shape index (κ2) is 6.16. The molecule has 0 radical (unpaired) electrons. The molecular formula is C16H14F3N3O2S. The van der Waals surface area contributed by atoms with Crippen molar-refractivity contribution in [1.82, 2.24) is 14.5 Å². The standard InChI is InChI=1S/C16H14F3N3O2S/c1-25(23,24)20-10-14-13-4-2-3-5-15(13)22(21-14)12-8-6-11(7-9-12)16(17,18)19/h2-9,20H,10H2,1H3. The molecule has 132 valence electrons. The highest BCUT2D eigenvalue weighted by Gasteiger charge is 2.30. The van der Waals surface area contributed by atoms with E-state index < -0.39 is 21.8 Å². The van der Waals surface area contributed by atoms with E-state index in [0.717, 1.165) is 23.8 Å². The summed E-state index contributed by atoms with van der Waals surface area (Å²) in [6, 6.07) is 11.7. The van der Waals surface area contributed by atoms with Crippen molar-refractivity contribution in [2.24, 2.45) is 0 Å². The number of hydrogen-bond donors (Lipinski definition) is 1. The predicted molar refractivity (Wildman–Crippen MR) is 87.8 cm³/mol. The van der Waals surface area contributed by atoms with Gasteiger partial charge in [0.15, 0.2) is 0 Å².